The molecule has 0 aliphatic heterocycles. The van der Waals surface area contributed by atoms with Crippen molar-refractivity contribution in [2.75, 3.05) is 6.54 Å². The van der Waals surface area contributed by atoms with Gasteiger partial charge in [-0.15, -0.1) is 0 Å². The van der Waals surface area contributed by atoms with E-state index in [1.165, 1.54) is 36.6 Å². The van der Waals surface area contributed by atoms with Crippen LogP contribution in [0.5, 0.6) is 5.75 Å². The molecule has 2 N–H and O–H groups in total. The zero-order valence-electron chi connectivity index (χ0n) is 12.9. The maximum atomic E-state index is 12.1. The Morgan fingerprint density at radius 1 is 1.36 bits per heavy atom. The molecule has 0 saturated carbocycles. The second-order valence-electron chi connectivity index (χ2n) is 4.86. The number of benzene rings is 1. The monoisotopic (exact) mass is 348 g/mol. The van der Waals surface area contributed by atoms with Gasteiger partial charge in [0, 0.05) is 12.6 Å². The number of nitrogens with zero attached hydrogens (tertiary/aromatic N) is 1. The lowest BCUT2D eigenvalue weighted by Gasteiger charge is -2.13. The summed E-state index contributed by atoms with van der Waals surface area (Å²) in [4.78, 5) is 12.0. The highest BCUT2D eigenvalue weighted by atomic mass is 19.3. The van der Waals surface area contributed by atoms with Crippen LogP contribution in [0.1, 0.15) is 17.4 Å². The van der Waals surface area contributed by atoms with Crippen LogP contribution in [0.15, 0.2) is 52.7 Å². The van der Waals surface area contributed by atoms with E-state index in [1.54, 1.807) is 18.2 Å². The molecule has 2 aromatic rings. The summed E-state index contributed by atoms with van der Waals surface area (Å²) in [5, 5.41) is 21.5. The van der Waals surface area contributed by atoms with Crippen LogP contribution in [-0.4, -0.2) is 24.2 Å². The maximum Gasteiger partial charge on any atom is 0.387 e. The fourth-order valence-electron chi connectivity index (χ4n) is 1.94. The van der Waals surface area contributed by atoms with Crippen LogP contribution in [0.4, 0.5) is 8.78 Å². The van der Waals surface area contributed by atoms with Crippen molar-refractivity contribution < 1.29 is 27.8 Å². The largest absolute Gasteiger partial charge is 0.465 e. The number of nitrogens with one attached hydrogen (secondary N) is 1. The van der Waals surface area contributed by atoms with Gasteiger partial charge in [0.05, 0.1) is 12.4 Å². The van der Waals surface area contributed by atoms with E-state index in [9.17, 15) is 18.7 Å². The van der Waals surface area contributed by atoms with E-state index in [-0.39, 0.29) is 17.9 Å². The van der Waals surface area contributed by atoms with Gasteiger partial charge in [-0.25, -0.2) is 0 Å². The summed E-state index contributed by atoms with van der Waals surface area (Å²) in [6.45, 7) is -3.09. The molecule has 1 aromatic carbocycles. The van der Waals surface area contributed by atoms with Gasteiger partial charge in [0.15, 0.2) is 0 Å². The number of furan rings is 1. The molecule has 0 bridgehead atoms. The van der Waals surface area contributed by atoms with Gasteiger partial charge in [-0.2, -0.15) is 14.0 Å². The quantitative estimate of drug-likeness (QED) is 0.592. The predicted molar refractivity (Wildman–Crippen MR) is 83.3 cm³/mol. The van der Waals surface area contributed by atoms with E-state index in [4.69, 9.17) is 9.68 Å². The number of hydrogen-bond acceptors (Lipinski definition) is 5. The van der Waals surface area contributed by atoms with Crippen molar-refractivity contribution in [3.63, 3.8) is 0 Å². The number of aliphatic hydroxyl groups is 1. The zero-order chi connectivity index (χ0) is 18.2. The maximum absolute atomic E-state index is 12.1. The molecule has 130 valence electrons. The molecular weight excluding hydrogens is 334 g/mol. The van der Waals surface area contributed by atoms with Crippen molar-refractivity contribution in [3.05, 3.63) is 59.6 Å². The predicted octanol–water partition coefficient (Wildman–Crippen LogP) is 2.64. The summed E-state index contributed by atoms with van der Waals surface area (Å²) >= 11 is 0. The highest BCUT2D eigenvalue weighted by molar-refractivity contribution is 6.01. The summed E-state index contributed by atoms with van der Waals surface area (Å²) in [7, 11) is 0. The fourth-order valence-corrected chi connectivity index (χ4v) is 1.94. The van der Waals surface area contributed by atoms with Crippen LogP contribution in [0.3, 0.4) is 0 Å². The van der Waals surface area contributed by atoms with Gasteiger partial charge < -0.3 is 19.6 Å². The van der Waals surface area contributed by atoms with Crippen molar-refractivity contribution in [1.82, 2.24) is 5.32 Å². The first kappa shape index (κ1) is 18.2. The molecule has 1 atom stereocenters. The lowest BCUT2D eigenvalue weighted by atomic mass is 10.1. The van der Waals surface area contributed by atoms with Gasteiger partial charge in [-0.3, -0.25) is 4.79 Å². The Labute approximate surface area is 141 Å². The lowest BCUT2D eigenvalue weighted by Crippen LogP contribution is -2.29. The molecule has 0 fully saturated rings. The molecule has 0 saturated heterocycles. The Balaban J connectivity index is 1.93. The van der Waals surface area contributed by atoms with E-state index in [0.29, 0.717) is 11.3 Å². The van der Waals surface area contributed by atoms with E-state index in [1.807, 2.05) is 0 Å². The summed E-state index contributed by atoms with van der Waals surface area (Å²) in [6.07, 6.45) is 1.61. The summed E-state index contributed by atoms with van der Waals surface area (Å²) in [5.41, 5.74) is 0.221. The first-order valence-corrected chi connectivity index (χ1v) is 7.16. The topological polar surface area (TPSA) is 95.5 Å². The van der Waals surface area contributed by atoms with Crippen LogP contribution in [0.25, 0.3) is 6.08 Å². The Morgan fingerprint density at radius 3 is 2.64 bits per heavy atom. The zero-order valence-corrected chi connectivity index (χ0v) is 12.9. The molecule has 1 unspecified atom stereocenters. The van der Waals surface area contributed by atoms with E-state index in [2.05, 4.69) is 10.1 Å². The molecule has 1 aromatic heterocycles. The lowest BCUT2D eigenvalue weighted by molar-refractivity contribution is -0.117. The molecule has 8 heteroatoms. The minimum atomic E-state index is -2.93. The molecule has 2 rings (SSSR count). The van der Waals surface area contributed by atoms with E-state index < -0.39 is 18.6 Å². The van der Waals surface area contributed by atoms with Crippen molar-refractivity contribution in [1.29, 1.82) is 5.26 Å². The van der Waals surface area contributed by atoms with E-state index >= 15 is 0 Å². The molecule has 1 heterocycles. The Kier molecular flexibility index (Phi) is 6.26. The summed E-state index contributed by atoms with van der Waals surface area (Å²) < 4.78 is 33.4. The minimum absolute atomic E-state index is 0.0388. The van der Waals surface area contributed by atoms with Crippen LogP contribution in [0, 0.1) is 11.3 Å². The average Bonchev–Trinajstić information content (AvgIpc) is 3.10. The molecule has 1 amide bonds. The van der Waals surface area contributed by atoms with Crippen LogP contribution in [0.2, 0.25) is 0 Å². The molecule has 0 radical (unpaired) electrons. The number of aliphatic hydroxyl groups excluding tert-OH is 1. The average molecular weight is 348 g/mol. The number of halogens is 2. The van der Waals surface area contributed by atoms with Gasteiger partial charge in [0.1, 0.15) is 23.2 Å². The summed E-state index contributed by atoms with van der Waals surface area (Å²) in [5.74, 6) is -0.361. The summed E-state index contributed by atoms with van der Waals surface area (Å²) in [6, 6.07) is 10.3. The Morgan fingerprint density at radius 2 is 2.08 bits per heavy atom. The number of carbonyl (C=O) groups excluding carboxylic acids is 1. The SMILES string of the molecule is N#C/C(=C\c1ccco1)C(=O)NCC(O)c1ccc(OC(F)F)cc1. The Bertz CT molecular complexity index is 765. The fraction of sp³-hybridized carbons (Fsp3) is 0.176. The third kappa shape index (κ3) is 5.44. The van der Waals surface area contributed by atoms with Crippen LogP contribution in [-0.2, 0) is 4.79 Å². The van der Waals surface area contributed by atoms with Crippen molar-refractivity contribution >= 4 is 12.0 Å². The van der Waals surface area contributed by atoms with Crippen molar-refractivity contribution in [3.8, 4) is 11.8 Å². The number of hydrogen-bond donors (Lipinski definition) is 2. The normalized spacial score (nSPS) is 12.5. The second kappa shape index (κ2) is 8.61. The van der Waals surface area contributed by atoms with Gasteiger partial charge in [-0.05, 0) is 29.8 Å². The number of rotatable bonds is 7. The van der Waals surface area contributed by atoms with Gasteiger partial charge in [-0.1, -0.05) is 12.1 Å². The smallest absolute Gasteiger partial charge is 0.387 e. The van der Waals surface area contributed by atoms with Crippen LogP contribution < -0.4 is 10.1 Å². The highest BCUT2D eigenvalue weighted by Gasteiger charge is 2.14. The second-order valence-corrected chi connectivity index (χ2v) is 4.86. The van der Waals surface area contributed by atoms with Crippen LogP contribution >= 0.6 is 0 Å². The number of carbonyl (C=O) groups is 1. The van der Waals surface area contributed by atoms with E-state index in [0.717, 1.165) is 0 Å². The third-order valence-corrected chi connectivity index (χ3v) is 3.14. The number of nitriles is 1. The molecule has 0 spiro atoms. The molecular formula is C17H14F2N2O4. The van der Waals surface area contributed by atoms with Gasteiger partial charge in [0.2, 0.25) is 0 Å². The van der Waals surface area contributed by atoms with Crippen molar-refractivity contribution in [2.24, 2.45) is 0 Å². The molecule has 0 aliphatic carbocycles. The number of amides is 1. The van der Waals surface area contributed by atoms with Gasteiger partial charge in [0.25, 0.3) is 5.91 Å². The molecule has 25 heavy (non-hydrogen) atoms. The molecule has 0 aliphatic rings. The first-order chi connectivity index (χ1) is 12.0. The Hall–Kier alpha value is -3.18. The first-order valence-electron chi connectivity index (χ1n) is 7.16. The highest BCUT2D eigenvalue weighted by Crippen LogP contribution is 2.19. The molecule has 6 nitrogen and oxygen atoms in total. The number of alkyl halides is 2. The minimum Gasteiger partial charge on any atom is -0.465 e. The number of ether oxygens (including phenoxy) is 1. The standard InChI is InChI=1S/C17H14F2N2O4/c18-17(19)25-13-5-3-11(4-6-13)15(22)10-21-16(23)12(9-20)8-14-2-1-7-24-14/h1-8,15,17,22H,10H2,(H,21,23)/b12-8+. The third-order valence-electron chi connectivity index (χ3n) is 3.14. The van der Waals surface area contributed by atoms with Crippen molar-refractivity contribution in [2.45, 2.75) is 12.7 Å². The van der Waals surface area contributed by atoms with Gasteiger partial charge >= 0.3 is 6.61 Å².